The van der Waals surface area contributed by atoms with Gasteiger partial charge in [-0.2, -0.15) is 0 Å². The van der Waals surface area contributed by atoms with E-state index in [4.69, 9.17) is 15.9 Å². The molecular formula is C8H12N2O2. The summed E-state index contributed by atoms with van der Waals surface area (Å²) in [7, 11) is 0. The van der Waals surface area contributed by atoms with Crippen LogP contribution >= 0.6 is 0 Å². The van der Waals surface area contributed by atoms with Crippen molar-refractivity contribution in [3.8, 4) is 0 Å². The number of aliphatic hydroxyl groups excluding tert-OH is 1. The molecule has 1 unspecified atom stereocenters. The van der Waals surface area contributed by atoms with Crippen LogP contribution in [0.1, 0.15) is 0 Å². The smallest absolute Gasteiger partial charge is 0.185 e. The van der Waals surface area contributed by atoms with Crippen molar-refractivity contribution in [2.75, 3.05) is 5.32 Å². The average molecular weight is 168 g/mol. The Hall–Kier alpha value is -1.10. The van der Waals surface area contributed by atoms with Crippen molar-refractivity contribution in [1.29, 1.82) is 0 Å². The van der Waals surface area contributed by atoms with Crippen LogP contribution in [-0.2, 0) is 0 Å². The van der Waals surface area contributed by atoms with Crippen LogP contribution in [0.25, 0.3) is 0 Å². The molecule has 0 aliphatic heterocycles. The average Bonchev–Trinajstić information content (AvgIpc) is 2.06. The van der Waals surface area contributed by atoms with Crippen LogP contribution in [-0.4, -0.2) is 22.7 Å². The first-order valence-corrected chi connectivity index (χ1v) is 3.63. The van der Waals surface area contributed by atoms with Gasteiger partial charge in [-0.3, -0.25) is 0 Å². The lowest BCUT2D eigenvalue weighted by molar-refractivity contribution is -0.0517. The lowest BCUT2D eigenvalue weighted by Gasteiger charge is -2.16. The van der Waals surface area contributed by atoms with Crippen LogP contribution in [0, 0.1) is 0 Å². The normalized spacial score (nSPS) is 13.0. The molecule has 0 fully saturated rings. The summed E-state index contributed by atoms with van der Waals surface area (Å²) in [6.45, 7) is 0. The van der Waals surface area contributed by atoms with E-state index in [1.54, 1.807) is 12.1 Å². The number of hydrogen-bond donors (Lipinski definition) is 4. The second-order valence-corrected chi connectivity index (χ2v) is 2.45. The Morgan fingerprint density at radius 1 is 1.17 bits per heavy atom. The number of para-hydroxylation sites is 1. The summed E-state index contributed by atoms with van der Waals surface area (Å²) in [6.07, 6.45) is -2.40. The van der Waals surface area contributed by atoms with E-state index < -0.39 is 12.5 Å². The molecule has 1 rings (SSSR count). The fourth-order valence-corrected chi connectivity index (χ4v) is 0.801. The second kappa shape index (κ2) is 4.06. The number of anilines is 1. The van der Waals surface area contributed by atoms with E-state index in [0.717, 1.165) is 5.69 Å². The van der Waals surface area contributed by atoms with Crippen LogP contribution in [0.2, 0.25) is 0 Å². The SMILES string of the molecule is NC(Nc1ccccc1)C(O)O. The van der Waals surface area contributed by atoms with Crippen LogP contribution in [0.3, 0.4) is 0 Å². The van der Waals surface area contributed by atoms with Crippen molar-refractivity contribution in [3.05, 3.63) is 30.3 Å². The third kappa shape index (κ3) is 2.50. The highest BCUT2D eigenvalue weighted by Crippen LogP contribution is 2.05. The van der Waals surface area contributed by atoms with E-state index in [2.05, 4.69) is 5.32 Å². The fourth-order valence-electron chi connectivity index (χ4n) is 0.801. The Kier molecular flexibility index (Phi) is 3.04. The quantitative estimate of drug-likeness (QED) is 0.467. The first kappa shape index (κ1) is 8.99. The number of benzene rings is 1. The van der Waals surface area contributed by atoms with E-state index >= 15 is 0 Å². The maximum absolute atomic E-state index is 8.65. The summed E-state index contributed by atoms with van der Waals surface area (Å²) in [6, 6.07) is 9.12. The summed E-state index contributed by atoms with van der Waals surface area (Å²) in [5.74, 6) is 0. The largest absolute Gasteiger partial charge is 0.366 e. The van der Waals surface area contributed by atoms with Gasteiger partial charge in [0.25, 0.3) is 0 Å². The van der Waals surface area contributed by atoms with Gasteiger partial charge in [-0.15, -0.1) is 0 Å². The minimum Gasteiger partial charge on any atom is -0.366 e. The molecule has 0 aliphatic rings. The third-order valence-corrected chi connectivity index (χ3v) is 1.43. The summed E-state index contributed by atoms with van der Waals surface area (Å²) >= 11 is 0. The maximum Gasteiger partial charge on any atom is 0.185 e. The molecular weight excluding hydrogens is 156 g/mol. The van der Waals surface area contributed by atoms with E-state index in [0.29, 0.717) is 0 Å². The van der Waals surface area contributed by atoms with Gasteiger partial charge in [0, 0.05) is 5.69 Å². The molecule has 4 heteroatoms. The molecule has 0 aliphatic carbocycles. The van der Waals surface area contributed by atoms with Crippen LogP contribution in [0.4, 0.5) is 5.69 Å². The fraction of sp³-hybridized carbons (Fsp3) is 0.250. The molecule has 0 heterocycles. The van der Waals surface area contributed by atoms with Gasteiger partial charge in [-0.1, -0.05) is 18.2 Å². The van der Waals surface area contributed by atoms with Crippen LogP contribution in [0.5, 0.6) is 0 Å². The zero-order valence-corrected chi connectivity index (χ0v) is 6.51. The van der Waals surface area contributed by atoms with E-state index in [9.17, 15) is 0 Å². The molecule has 0 radical (unpaired) electrons. The molecule has 0 aromatic heterocycles. The Morgan fingerprint density at radius 2 is 1.75 bits per heavy atom. The standard InChI is InChI=1S/C8H12N2O2/c9-7(8(11)12)10-6-4-2-1-3-5-6/h1-5,7-8,10-12H,9H2. The zero-order chi connectivity index (χ0) is 8.97. The molecule has 0 saturated heterocycles. The van der Waals surface area contributed by atoms with Gasteiger partial charge in [0.2, 0.25) is 0 Å². The Labute approximate surface area is 70.6 Å². The van der Waals surface area contributed by atoms with Gasteiger partial charge in [-0.25, -0.2) is 0 Å². The molecule has 0 amide bonds. The lowest BCUT2D eigenvalue weighted by Crippen LogP contribution is -2.41. The number of nitrogens with one attached hydrogen (secondary N) is 1. The van der Waals surface area contributed by atoms with Crippen LogP contribution < -0.4 is 11.1 Å². The van der Waals surface area contributed by atoms with Crippen LogP contribution in [0.15, 0.2) is 30.3 Å². The molecule has 0 saturated carbocycles. The van der Waals surface area contributed by atoms with E-state index in [1.165, 1.54) is 0 Å². The summed E-state index contributed by atoms with van der Waals surface area (Å²) in [5, 5.41) is 20.0. The highest BCUT2D eigenvalue weighted by molar-refractivity contribution is 5.43. The number of hydrogen-bond acceptors (Lipinski definition) is 4. The predicted octanol–water partition coefficient (Wildman–Crippen LogP) is -0.306. The molecule has 0 spiro atoms. The number of rotatable bonds is 3. The summed E-state index contributed by atoms with van der Waals surface area (Å²) in [5.41, 5.74) is 6.10. The molecule has 4 nitrogen and oxygen atoms in total. The highest BCUT2D eigenvalue weighted by atomic mass is 16.5. The molecule has 66 valence electrons. The predicted molar refractivity (Wildman–Crippen MR) is 46.3 cm³/mol. The van der Waals surface area contributed by atoms with Crippen molar-refractivity contribution in [1.82, 2.24) is 0 Å². The van der Waals surface area contributed by atoms with Crippen molar-refractivity contribution in [2.24, 2.45) is 5.73 Å². The van der Waals surface area contributed by atoms with Gasteiger partial charge in [0.05, 0.1) is 0 Å². The van der Waals surface area contributed by atoms with Crippen molar-refractivity contribution in [2.45, 2.75) is 12.5 Å². The second-order valence-electron chi connectivity index (χ2n) is 2.45. The van der Waals surface area contributed by atoms with E-state index in [1.807, 2.05) is 18.2 Å². The third-order valence-electron chi connectivity index (χ3n) is 1.43. The van der Waals surface area contributed by atoms with Gasteiger partial charge in [0.15, 0.2) is 6.29 Å². The Morgan fingerprint density at radius 3 is 2.25 bits per heavy atom. The Bertz CT molecular complexity index is 226. The zero-order valence-electron chi connectivity index (χ0n) is 6.51. The first-order valence-electron chi connectivity index (χ1n) is 3.63. The van der Waals surface area contributed by atoms with Crippen molar-refractivity contribution >= 4 is 5.69 Å². The first-order chi connectivity index (χ1) is 5.70. The molecule has 1 aromatic rings. The molecule has 1 atom stereocenters. The highest BCUT2D eigenvalue weighted by Gasteiger charge is 2.09. The molecule has 0 bridgehead atoms. The van der Waals surface area contributed by atoms with Gasteiger partial charge in [0.1, 0.15) is 6.17 Å². The van der Waals surface area contributed by atoms with Crippen molar-refractivity contribution < 1.29 is 10.2 Å². The monoisotopic (exact) mass is 168 g/mol. The summed E-state index contributed by atoms with van der Waals surface area (Å²) < 4.78 is 0. The summed E-state index contributed by atoms with van der Waals surface area (Å²) in [4.78, 5) is 0. The molecule has 12 heavy (non-hydrogen) atoms. The maximum atomic E-state index is 8.65. The van der Waals surface area contributed by atoms with Gasteiger partial charge < -0.3 is 21.3 Å². The van der Waals surface area contributed by atoms with Gasteiger partial charge >= 0.3 is 0 Å². The lowest BCUT2D eigenvalue weighted by atomic mass is 10.3. The van der Waals surface area contributed by atoms with Gasteiger partial charge in [-0.05, 0) is 12.1 Å². The van der Waals surface area contributed by atoms with Crippen molar-refractivity contribution in [3.63, 3.8) is 0 Å². The molecule has 1 aromatic carbocycles. The molecule has 5 N–H and O–H groups in total. The Balaban J connectivity index is 2.53. The topological polar surface area (TPSA) is 78.5 Å². The number of aliphatic hydroxyl groups is 2. The van der Waals surface area contributed by atoms with E-state index in [-0.39, 0.29) is 0 Å². The number of nitrogens with two attached hydrogens (primary N) is 1. The minimum absolute atomic E-state index is 0.762. The minimum atomic E-state index is -1.55.